The quantitative estimate of drug-likeness (QED) is 0.717. The highest BCUT2D eigenvalue weighted by atomic mass is 16.5. The van der Waals surface area contributed by atoms with E-state index in [1.54, 1.807) is 38.3 Å². The summed E-state index contributed by atoms with van der Waals surface area (Å²) in [4.78, 5) is 13.0. The third-order valence-corrected chi connectivity index (χ3v) is 3.97. The van der Waals surface area contributed by atoms with Gasteiger partial charge in [0, 0.05) is 16.7 Å². The molecule has 0 atom stereocenters. The maximum atomic E-state index is 13.0. The van der Waals surface area contributed by atoms with Crippen LogP contribution in [-0.4, -0.2) is 41.3 Å². The second-order valence-corrected chi connectivity index (χ2v) is 5.22. The third-order valence-electron chi connectivity index (χ3n) is 3.97. The standard InChI is InChI=1S/C19H22O6/c1-11-13(10-16(23-4)19(25-6)18(11)24-5)17(20)12-7-8-14(21-2)15(9-12)22-3/h7-10H,1-6H3. The minimum atomic E-state index is -0.183. The molecule has 0 aromatic heterocycles. The van der Waals surface area contributed by atoms with Crippen LogP contribution >= 0.6 is 0 Å². The molecule has 25 heavy (non-hydrogen) atoms. The minimum Gasteiger partial charge on any atom is -0.493 e. The number of carbonyl (C=O) groups is 1. The lowest BCUT2D eigenvalue weighted by molar-refractivity contribution is 0.103. The Bertz CT molecular complexity index is 782. The number of hydrogen-bond acceptors (Lipinski definition) is 6. The van der Waals surface area contributed by atoms with Crippen LogP contribution in [0.3, 0.4) is 0 Å². The van der Waals surface area contributed by atoms with E-state index < -0.39 is 0 Å². The average Bonchev–Trinajstić information content (AvgIpc) is 2.66. The fraction of sp³-hybridized carbons (Fsp3) is 0.316. The first-order chi connectivity index (χ1) is 12.0. The highest BCUT2D eigenvalue weighted by Crippen LogP contribution is 2.42. The lowest BCUT2D eigenvalue weighted by atomic mass is 9.97. The zero-order chi connectivity index (χ0) is 18.6. The van der Waals surface area contributed by atoms with Crippen LogP contribution < -0.4 is 23.7 Å². The third kappa shape index (κ3) is 3.33. The predicted octanol–water partition coefficient (Wildman–Crippen LogP) is 3.27. The smallest absolute Gasteiger partial charge is 0.203 e. The molecule has 0 saturated carbocycles. The van der Waals surface area contributed by atoms with Crippen molar-refractivity contribution < 1.29 is 28.5 Å². The van der Waals surface area contributed by atoms with Crippen LogP contribution in [0.2, 0.25) is 0 Å². The van der Waals surface area contributed by atoms with Crippen molar-refractivity contribution in [3.05, 3.63) is 41.0 Å². The summed E-state index contributed by atoms with van der Waals surface area (Å²) in [6.07, 6.45) is 0. The summed E-state index contributed by atoms with van der Waals surface area (Å²) in [6, 6.07) is 6.67. The maximum Gasteiger partial charge on any atom is 0.203 e. The van der Waals surface area contributed by atoms with E-state index in [2.05, 4.69) is 0 Å². The fourth-order valence-electron chi connectivity index (χ4n) is 2.67. The maximum absolute atomic E-state index is 13.0. The van der Waals surface area contributed by atoms with Gasteiger partial charge in [-0.15, -0.1) is 0 Å². The van der Waals surface area contributed by atoms with Crippen LogP contribution in [0.1, 0.15) is 21.5 Å². The van der Waals surface area contributed by atoms with E-state index in [-0.39, 0.29) is 5.78 Å². The molecule has 0 radical (unpaired) electrons. The van der Waals surface area contributed by atoms with Gasteiger partial charge in [-0.1, -0.05) is 0 Å². The first kappa shape index (κ1) is 18.4. The normalized spacial score (nSPS) is 10.2. The van der Waals surface area contributed by atoms with Gasteiger partial charge in [-0.25, -0.2) is 0 Å². The van der Waals surface area contributed by atoms with Gasteiger partial charge < -0.3 is 23.7 Å². The van der Waals surface area contributed by atoms with E-state index in [1.807, 2.05) is 0 Å². The van der Waals surface area contributed by atoms with Crippen LogP contribution in [0.15, 0.2) is 24.3 Å². The van der Waals surface area contributed by atoms with E-state index in [0.717, 1.165) is 0 Å². The van der Waals surface area contributed by atoms with Crippen molar-refractivity contribution in [2.24, 2.45) is 0 Å². The van der Waals surface area contributed by atoms with Gasteiger partial charge in [0.1, 0.15) is 0 Å². The monoisotopic (exact) mass is 346 g/mol. The molecule has 6 heteroatoms. The van der Waals surface area contributed by atoms with Crippen LogP contribution in [-0.2, 0) is 0 Å². The zero-order valence-corrected chi connectivity index (χ0v) is 15.3. The van der Waals surface area contributed by atoms with Crippen molar-refractivity contribution in [3.8, 4) is 28.7 Å². The Morgan fingerprint density at radius 3 is 1.84 bits per heavy atom. The Hall–Kier alpha value is -2.89. The molecule has 2 aromatic carbocycles. The molecule has 2 rings (SSSR count). The molecule has 0 heterocycles. The Labute approximate surface area is 147 Å². The SMILES string of the molecule is COc1ccc(C(=O)c2cc(OC)c(OC)c(OC)c2C)cc1OC. The van der Waals surface area contributed by atoms with Crippen LogP contribution in [0.4, 0.5) is 0 Å². The number of carbonyl (C=O) groups excluding carboxylic acids is 1. The van der Waals surface area contributed by atoms with Crippen molar-refractivity contribution in [2.45, 2.75) is 6.92 Å². The number of hydrogen-bond donors (Lipinski definition) is 0. The highest BCUT2D eigenvalue weighted by molar-refractivity contribution is 6.11. The second-order valence-electron chi connectivity index (χ2n) is 5.22. The van der Waals surface area contributed by atoms with Gasteiger partial charge in [0.05, 0.1) is 35.5 Å². The summed E-state index contributed by atoms with van der Waals surface area (Å²) >= 11 is 0. The van der Waals surface area contributed by atoms with Crippen LogP contribution in [0.25, 0.3) is 0 Å². The largest absolute Gasteiger partial charge is 0.493 e. The molecule has 0 amide bonds. The van der Waals surface area contributed by atoms with E-state index in [9.17, 15) is 4.79 Å². The Morgan fingerprint density at radius 2 is 1.32 bits per heavy atom. The molecule has 0 N–H and O–H groups in total. The first-order valence-electron chi connectivity index (χ1n) is 7.58. The van der Waals surface area contributed by atoms with Gasteiger partial charge in [0.15, 0.2) is 28.8 Å². The van der Waals surface area contributed by atoms with Crippen molar-refractivity contribution in [1.29, 1.82) is 0 Å². The van der Waals surface area contributed by atoms with E-state index in [4.69, 9.17) is 23.7 Å². The lowest BCUT2D eigenvalue weighted by Gasteiger charge is -2.17. The summed E-state index contributed by atoms with van der Waals surface area (Å²) in [5.74, 6) is 2.20. The topological polar surface area (TPSA) is 63.2 Å². The summed E-state index contributed by atoms with van der Waals surface area (Å²) < 4.78 is 26.6. The molecule has 0 aliphatic heterocycles. The number of rotatable bonds is 7. The molecule has 0 spiro atoms. The molecular weight excluding hydrogens is 324 g/mol. The Kier molecular flexibility index (Phi) is 5.75. The Balaban J connectivity index is 2.60. The molecule has 0 fully saturated rings. The van der Waals surface area contributed by atoms with Crippen LogP contribution in [0.5, 0.6) is 28.7 Å². The highest BCUT2D eigenvalue weighted by Gasteiger charge is 2.23. The molecule has 0 bridgehead atoms. The van der Waals surface area contributed by atoms with Crippen molar-refractivity contribution in [1.82, 2.24) is 0 Å². The first-order valence-corrected chi connectivity index (χ1v) is 7.58. The van der Waals surface area contributed by atoms with Crippen molar-refractivity contribution in [2.75, 3.05) is 35.5 Å². The number of methoxy groups -OCH3 is 5. The number of benzene rings is 2. The molecule has 2 aromatic rings. The zero-order valence-electron chi connectivity index (χ0n) is 15.3. The Morgan fingerprint density at radius 1 is 0.720 bits per heavy atom. The molecule has 134 valence electrons. The van der Waals surface area contributed by atoms with Crippen molar-refractivity contribution >= 4 is 5.78 Å². The van der Waals surface area contributed by atoms with Gasteiger partial charge in [0.2, 0.25) is 5.75 Å². The average molecular weight is 346 g/mol. The van der Waals surface area contributed by atoms with Crippen molar-refractivity contribution in [3.63, 3.8) is 0 Å². The molecule has 0 aliphatic carbocycles. The summed E-state index contributed by atoms with van der Waals surface area (Å²) in [6.45, 7) is 1.80. The minimum absolute atomic E-state index is 0.183. The van der Waals surface area contributed by atoms with Gasteiger partial charge in [-0.05, 0) is 31.2 Å². The van der Waals surface area contributed by atoms with Gasteiger partial charge in [-0.2, -0.15) is 0 Å². The molecule has 0 aliphatic rings. The summed E-state index contributed by atoms with van der Waals surface area (Å²) in [5.41, 5.74) is 1.59. The number of ketones is 1. The van der Waals surface area contributed by atoms with Gasteiger partial charge >= 0.3 is 0 Å². The summed E-state index contributed by atoms with van der Waals surface area (Å²) in [7, 11) is 7.63. The fourth-order valence-corrected chi connectivity index (χ4v) is 2.67. The van der Waals surface area contributed by atoms with E-state index in [0.29, 0.717) is 45.4 Å². The lowest BCUT2D eigenvalue weighted by Crippen LogP contribution is -2.08. The van der Waals surface area contributed by atoms with Gasteiger partial charge in [0.25, 0.3) is 0 Å². The molecular formula is C19H22O6. The van der Waals surface area contributed by atoms with Crippen LogP contribution in [0, 0.1) is 6.92 Å². The molecule has 0 saturated heterocycles. The predicted molar refractivity (Wildman–Crippen MR) is 93.8 cm³/mol. The second kappa shape index (κ2) is 7.79. The molecule has 0 unspecified atom stereocenters. The van der Waals surface area contributed by atoms with E-state index in [1.165, 1.54) is 28.4 Å². The molecule has 6 nitrogen and oxygen atoms in total. The van der Waals surface area contributed by atoms with E-state index >= 15 is 0 Å². The van der Waals surface area contributed by atoms with Gasteiger partial charge in [-0.3, -0.25) is 4.79 Å². The number of ether oxygens (including phenoxy) is 5. The summed E-state index contributed by atoms with van der Waals surface area (Å²) in [5, 5.41) is 0.